The Morgan fingerprint density at radius 2 is 1.77 bits per heavy atom. The second-order valence-corrected chi connectivity index (χ2v) is 11.1. The van der Waals surface area contributed by atoms with E-state index in [9.17, 15) is 30.0 Å². The lowest BCUT2D eigenvalue weighted by Gasteiger charge is -2.65. The molecule has 0 spiro atoms. The van der Waals surface area contributed by atoms with Gasteiger partial charge >= 0.3 is 0 Å². The Bertz CT molecular complexity index is 808. The lowest BCUT2D eigenvalue weighted by atomic mass is 9.41. The molecule has 0 bridgehead atoms. The number of hydrogen-bond acceptors (Lipinski definition) is 6. The molecule has 0 radical (unpaired) electrons. The van der Waals surface area contributed by atoms with Gasteiger partial charge in [0.25, 0.3) is 0 Å². The van der Waals surface area contributed by atoms with Crippen LogP contribution in [0.4, 0.5) is 0 Å². The summed E-state index contributed by atoms with van der Waals surface area (Å²) >= 11 is 0. The molecule has 0 aromatic heterocycles. The van der Waals surface area contributed by atoms with Crippen molar-refractivity contribution in [1.29, 1.82) is 0 Å². The lowest BCUT2D eigenvalue weighted by Crippen LogP contribution is -2.70. The van der Waals surface area contributed by atoms with E-state index in [0.717, 1.165) is 11.9 Å². The van der Waals surface area contributed by atoms with Crippen molar-refractivity contribution in [3.63, 3.8) is 0 Å². The molecule has 0 aromatic carbocycles. The van der Waals surface area contributed by atoms with Crippen molar-refractivity contribution in [3.8, 4) is 0 Å². The van der Waals surface area contributed by atoms with E-state index < -0.39 is 34.2 Å². The molecule has 6 heteroatoms. The van der Waals surface area contributed by atoms with Gasteiger partial charge in [0.15, 0.2) is 5.78 Å². The molecule has 166 valence electrons. The number of ketones is 1. The quantitative estimate of drug-likeness (QED) is 0.507. The Morgan fingerprint density at radius 3 is 2.43 bits per heavy atom. The fourth-order valence-electron chi connectivity index (χ4n) is 8.66. The molecule has 0 aromatic rings. The second kappa shape index (κ2) is 6.47. The van der Waals surface area contributed by atoms with E-state index in [2.05, 4.69) is 0 Å². The van der Waals surface area contributed by atoms with Crippen LogP contribution < -0.4 is 0 Å². The minimum Gasteiger partial charge on any atom is -0.393 e. The van der Waals surface area contributed by atoms with Gasteiger partial charge in [-0.25, -0.2) is 0 Å². The van der Waals surface area contributed by atoms with Crippen LogP contribution in [0.1, 0.15) is 71.1 Å². The molecule has 30 heavy (non-hydrogen) atoms. The number of hydrogen-bond donors (Lipinski definition) is 4. The fraction of sp³-hybridized carbons (Fsp3) is 0.833. The highest BCUT2D eigenvalue weighted by molar-refractivity contribution is 5.93. The van der Waals surface area contributed by atoms with Crippen LogP contribution in [0.3, 0.4) is 0 Å². The number of rotatable bonds is 2. The van der Waals surface area contributed by atoms with Crippen molar-refractivity contribution < 1.29 is 30.0 Å². The van der Waals surface area contributed by atoms with E-state index in [1.807, 2.05) is 6.92 Å². The molecular weight excluding hydrogens is 384 g/mol. The monoisotopic (exact) mass is 418 g/mol. The van der Waals surface area contributed by atoms with Gasteiger partial charge in [-0.1, -0.05) is 12.5 Å². The molecule has 5 rings (SSSR count). The van der Waals surface area contributed by atoms with Crippen molar-refractivity contribution in [2.24, 2.45) is 28.6 Å². The molecular formula is C24H34O6. The normalized spacial score (nSPS) is 55.4. The first-order valence-corrected chi connectivity index (χ1v) is 11.6. The molecule has 4 fully saturated rings. The van der Waals surface area contributed by atoms with Crippen molar-refractivity contribution >= 4 is 12.1 Å². The van der Waals surface area contributed by atoms with Crippen LogP contribution in [0.25, 0.3) is 0 Å². The van der Waals surface area contributed by atoms with Gasteiger partial charge in [0, 0.05) is 18.3 Å². The summed E-state index contributed by atoms with van der Waals surface area (Å²) in [5.41, 5.74) is -3.08. The van der Waals surface area contributed by atoms with Gasteiger partial charge in [-0.2, -0.15) is 0 Å². The van der Waals surface area contributed by atoms with Crippen molar-refractivity contribution in [2.45, 2.75) is 94.5 Å². The SMILES string of the molecule is CC12CC[C@H]3[C@@H](CCC4(O)CC(O)CCC34C=O)C1(O)C(O)C[C@H]2C1=CC(=O)CC1. The maximum atomic E-state index is 12.5. The number of aliphatic hydroxyl groups excluding tert-OH is 2. The summed E-state index contributed by atoms with van der Waals surface area (Å²) in [4.78, 5) is 24.4. The molecule has 0 aliphatic heterocycles. The molecule has 9 atom stereocenters. The lowest BCUT2D eigenvalue weighted by molar-refractivity contribution is -0.263. The van der Waals surface area contributed by atoms with Crippen LogP contribution >= 0.6 is 0 Å². The van der Waals surface area contributed by atoms with E-state index in [4.69, 9.17) is 0 Å². The van der Waals surface area contributed by atoms with Crippen LogP contribution in [0, 0.1) is 28.6 Å². The van der Waals surface area contributed by atoms with Crippen LogP contribution in [-0.2, 0) is 9.59 Å². The van der Waals surface area contributed by atoms with Crippen LogP contribution in [0.15, 0.2) is 11.6 Å². The third kappa shape index (κ3) is 2.34. The average Bonchev–Trinajstić information content (AvgIpc) is 3.21. The van der Waals surface area contributed by atoms with E-state index in [1.165, 1.54) is 0 Å². The van der Waals surface area contributed by atoms with Gasteiger partial charge in [0.2, 0.25) is 0 Å². The number of allylic oxidation sites excluding steroid dienone is 2. The summed E-state index contributed by atoms with van der Waals surface area (Å²) in [7, 11) is 0. The van der Waals surface area contributed by atoms with Crippen molar-refractivity contribution in [3.05, 3.63) is 11.6 Å². The first kappa shape index (κ1) is 20.8. The third-order valence-electron chi connectivity index (χ3n) is 10.2. The summed E-state index contributed by atoms with van der Waals surface area (Å²) in [5.74, 6) is -0.414. The number of aldehydes is 1. The van der Waals surface area contributed by atoms with Crippen molar-refractivity contribution in [2.75, 3.05) is 0 Å². The van der Waals surface area contributed by atoms with E-state index in [-0.39, 0.29) is 30.0 Å². The van der Waals surface area contributed by atoms with Crippen LogP contribution in [-0.4, -0.2) is 55.9 Å². The molecule has 6 nitrogen and oxygen atoms in total. The molecule has 0 amide bonds. The number of carbonyl (C=O) groups is 2. The van der Waals surface area contributed by atoms with Gasteiger partial charge in [-0.3, -0.25) is 4.79 Å². The first-order chi connectivity index (χ1) is 14.1. The third-order valence-corrected chi connectivity index (χ3v) is 10.2. The smallest absolute Gasteiger partial charge is 0.155 e. The van der Waals surface area contributed by atoms with E-state index >= 15 is 0 Å². The van der Waals surface area contributed by atoms with Gasteiger partial charge < -0.3 is 25.2 Å². The Labute approximate surface area is 177 Å². The summed E-state index contributed by atoms with van der Waals surface area (Å²) in [6.07, 6.45) is 6.05. The standard InChI is InChI=1S/C24H34O6/c1-21-7-5-17-18(6-9-23(29)12-16(27)4-8-22(17,23)13-25)24(21,30)20(28)11-19(21)14-2-3-15(26)10-14/h10,13,16-20,27-30H,2-9,11-12H2,1H3/t16?,17-,18+,19-,20?,21?,22?,23?,24?/m0/s1. The number of aliphatic hydroxyl groups is 4. The zero-order valence-corrected chi connectivity index (χ0v) is 17.7. The van der Waals surface area contributed by atoms with Gasteiger partial charge in [-0.05, 0) is 75.2 Å². The highest BCUT2D eigenvalue weighted by Gasteiger charge is 2.73. The van der Waals surface area contributed by atoms with Crippen LogP contribution in [0.5, 0.6) is 0 Å². The molecule has 4 saturated carbocycles. The maximum Gasteiger partial charge on any atom is 0.155 e. The van der Waals surface area contributed by atoms with E-state index in [1.54, 1.807) is 6.08 Å². The topological polar surface area (TPSA) is 115 Å². The van der Waals surface area contributed by atoms with Gasteiger partial charge in [-0.15, -0.1) is 0 Å². The minimum absolute atomic E-state index is 0.0360. The molecule has 0 heterocycles. The molecule has 0 saturated heterocycles. The fourth-order valence-corrected chi connectivity index (χ4v) is 8.66. The molecule has 4 N–H and O–H groups in total. The second-order valence-electron chi connectivity index (χ2n) is 11.1. The van der Waals surface area contributed by atoms with Crippen molar-refractivity contribution in [1.82, 2.24) is 0 Å². The summed E-state index contributed by atoms with van der Waals surface area (Å²) in [5, 5.41) is 45.0. The highest BCUT2D eigenvalue weighted by Crippen LogP contribution is 2.70. The highest BCUT2D eigenvalue weighted by atomic mass is 16.3. The minimum atomic E-state index is -1.35. The summed E-state index contributed by atoms with van der Waals surface area (Å²) in [6.45, 7) is 2.05. The first-order valence-electron chi connectivity index (χ1n) is 11.6. The zero-order chi connectivity index (χ0) is 21.5. The number of fused-ring (bicyclic) bond motifs is 5. The van der Waals surface area contributed by atoms with Gasteiger partial charge in [0.05, 0.1) is 28.8 Å². The predicted molar refractivity (Wildman–Crippen MR) is 108 cm³/mol. The molecule has 6 unspecified atom stereocenters. The summed E-state index contributed by atoms with van der Waals surface area (Å²) in [6, 6.07) is 0. The predicted octanol–water partition coefficient (Wildman–Crippen LogP) is 1.68. The van der Waals surface area contributed by atoms with E-state index in [0.29, 0.717) is 57.8 Å². The maximum absolute atomic E-state index is 12.5. The van der Waals surface area contributed by atoms with Crippen LogP contribution in [0.2, 0.25) is 0 Å². The Kier molecular flexibility index (Phi) is 4.49. The summed E-state index contributed by atoms with van der Waals surface area (Å²) < 4.78 is 0. The Hall–Kier alpha value is -1.08. The molecule has 5 aliphatic rings. The number of carbonyl (C=O) groups excluding carboxylic acids is 2. The largest absolute Gasteiger partial charge is 0.393 e. The Balaban J connectivity index is 1.55. The van der Waals surface area contributed by atoms with Gasteiger partial charge in [0.1, 0.15) is 6.29 Å². The zero-order valence-electron chi connectivity index (χ0n) is 17.7. The molecule has 5 aliphatic carbocycles. The average molecular weight is 419 g/mol. The Morgan fingerprint density at radius 1 is 1.03 bits per heavy atom.